The van der Waals surface area contributed by atoms with Crippen LogP contribution in [0.3, 0.4) is 0 Å². The number of unbranched alkanes of at least 4 members (excludes halogenated alkanes) is 1. The van der Waals surface area contributed by atoms with Crippen molar-refractivity contribution in [1.82, 2.24) is 18.7 Å². The molecule has 0 bridgehead atoms. The molecule has 9 nitrogen and oxygen atoms in total. The molecular weight excluding hydrogens is 359 g/mol. The van der Waals surface area contributed by atoms with Gasteiger partial charge in [-0.05, 0) is 26.7 Å². The third-order valence-corrected chi connectivity index (χ3v) is 6.22. The van der Waals surface area contributed by atoms with Crippen LogP contribution in [0.5, 0.6) is 0 Å². The van der Waals surface area contributed by atoms with Gasteiger partial charge in [0.25, 0.3) is 5.56 Å². The Morgan fingerprint density at radius 3 is 2.50 bits per heavy atom. The van der Waals surface area contributed by atoms with Gasteiger partial charge in [-0.1, -0.05) is 6.92 Å². The van der Waals surface area contributed by atoms with E-state index in [9.17, 15) is 14.2 Å². The van der Waals surface area contributed by atoms with Gasteiger partial charge in [0.1, 0.15) is 0 Å². The second-order valence-corrected chi connectivity index (χ2v) is 8.26. The van der Waals surface area contributed by atoms with Crippen LogP contribution in [0.25, 0.3) is 11.2 Å². The summed E-state index contributed by atoms with van der Waals surface area (Å²) in [4.78, 5) is 29.3. The summed E-state index contributed by atoms with van der Waals surface area (Å²) >= 11 is 0. The molecule has 2 heterocycles. The summed E-state index contributed by atoms with van der Waals surface area (Å²) in [5.41, 5.74) is 0.0925. The molecule has 0 aromatic carbocycles. The number of fused-ring (bicyclic) bond motifs is 1. The van der Waals surface area contributed by atoms with Gasteiger partial charge in [-0.25, -0.2) is 9.78 Å². The maximum absolute atomic E-state index is 12.7. The van der Waals surface area contributed by atoms with E-state index in [0.717, 1.165) is 0 Å². The first-order chi connectivity index (χ1) is 12.4. The van der Waals surface area contributed by atoms with Crippen molar-refractivity contribution in [3.63, 3.8) is 0 Å². The van der Waals surface area contributed by atoms with Crippen molar-refractivity contribution in [3.05, 3.63) is 27.2 Å². The standard InChI is InChI=1S/C16H27N4O5P/c1-5-19-12-17-14-13(19)15(21)20(16(22)18(14)4)10-8-9-11-25-26(23,7-3)24-6-2/h12H,5-11H2,1-4H3. The Kier molecular flexibility index (Phi) is 6.97. The van der Waals surface area contributed by atoms with E-state index in [1.54, 1.807) is 31.8 Å². The molecule has 2 aromatic rings. The van der Waals surface area contributed by atoms with Crippen molar-refractivity contribution in [2.24, 2.45) is 7.05 Å². The maximum atomic E-state index is 12.7. The number of imidazole rings is 1. The molecule has 26 heavy (non-hydrogen) atoms. The van der Waals surface area contributed by atoms with Crippen LogP contribution >= 0.6 is 7.60 Å². The molecule has 2 rings (SSSR count). The molecule has 2 aromatic heterocycles. The Hall–Kier alpha value is -1.70. The van der Waals surface area contributed by atoms with E-state index >= 15 is 0 Å². The van der Waals surface area contributed by atoms with Crippen LogP contribution in [0.1, 0.15) is 33.6 Å². The van der Waals surface area contributed by atoms with Crippen molar-refractivity contribution >= 4 is 18.8 Å². The van der Waals surface area contributed by atoms with E-state index in [-0.39, 0.29) is 18.7 Å². The minimum Gasteiger partial charge on any atom is -0.325 e. The van der Waals surface area contributed by atoms with E-state index in [2.05, 4.69) is 4.98 Å². The van der Waals surface area contributed by atoms with Crippen molar-refractivity contribution in [1.29, 1.82) is 0 Å². The van der Waals surface area contributed by atoms with Gasteiger partial charge in [0.05, 0.1) is 19.5 Å². The van der Waals surface area contributed by atoms with E-state index in [1.165, 1.54) is 9.13 Å². The van der Waals surface area contributed by atoms with Crippen molar-refractivity contribution in [2.45, 2.75) is 46.7 Å². The van der Waals surface area contributed by atoms with Gasteiger partial charge in [0.15, 0.2) is 11.2 Å². The van der Waals surface area contributed by atoms with Gasteiger partial charge in [-0.3, -0.25) is 18.5 Å². The summed E-state index contributed by atoms with van der Waals surface area (Å²) in [5.74, 6) is 0. The van der Waals surface area contributed by atoms with Gasteiger partial charge >= 0.3 is 13.3 Å². The molecule has 0 fully saturated rings. The molecule has 0 aliphatic heterocycles. The first kappa shape index (κ1) is 20.6. The van der Waals surface area contributed by atoms with E-state index < -0.39 is 13.3 Å². The Balaban J connectivity index is 2.09. The van der Waals surface area contributed by atoms with Crippen molar-refractivity contribution in [2.75, 3.05) is 19.4 Å². The largest absolute Gasteiger partial charge is 0.332 e. The second-order valence-electron chi connectivity index (χ2n) is 5.89. The summed E-state index contributed by atoms with van der Waals surface area (Å²) in [6, 6.07) is 0. The summed E-state index contributed by atoms with van der Waals surface area (Å²) in [6.45, 7) is 6.90. The normalized spacial score (nSPS) is 14.0. The third-order valence-electron chi connectivity index (χ3n) is 4.22. The van der Waals surface area contributed by atoms with Crippen molar-refractivity contribution < 1.29 is 13.6 Å². The molecule has 0 radical (unpaired) electrons. The molecule has 0 spiro atoms. The van der Waals surface area contributed by atoms with Gasteiger partial charge < -0.3 is 13.6 Å². The van der Waals surface area contributed by atoms with E-state index in [4.69, 9.17) is 9.05 Å². The average Bonchev–Trinajstić information content (AvgIpc) is 3.06. The van der Waals surface area contributed by atoms with E-state index in [0.29, 0.717) is 43.3 Å². The van der Waals surface area contributed by atoms with E-state index in [1.807, 2.05) is 6.92 Å². The van der Waals surface area contributed by atoms with Crippen LogP contribution < -0.4 is 11.2 Å². The Morgan fingerprint density at radius 2 is 1.88 bits per heavy atom. The second kappa shape index (κ2) is 8.79. The molecule has 0 aliphatic rings. The smallest absolute Gasteiger partial charge is 0.325 e. The number of hydrogen-bond acceptors (Lipinski definition) is 6. The molecule has 0 amide bonds. The maximum Gasteiger partial charge on any atom is 0.332 e. The van der Waals surface area contributed by atoms with Crippen LogP contribution in [0.15, 0.2) is 15.9 Å². The lowest BCUT2D eigenvalue weighted by Crippen LogP contribution is -2.39. The highest BCUT2D eigenvalue weighted by Gasteiger charge is 2.20. The fourth-order valence-electron chi connectivity index (χ4n) is 2.75. The monoisotopic (exact) mass is 386 g/mol. The predicted molar refractivity (Wildman–Crippen MR) is 99.9 cm³/mol. The minimum atomic E-state index is -3.02. The highest BCUT2D eigenvalue weighted by molar-refractivity contribution is 7.53. The Bertz CT molecular complexity index is 914. The Morgan fingerprint density at radius 1 is 1.15 bits per heavy atom. The molecule has 0 saturated carbocycles. The minimum absolute atomic E-state index is 0.259. The molecule has 10 heteroatoms. The highest BCUT2D eigenvalue weighted by Crippen LogP contribution is 2.47. The highest BCUT2D eigenvalue weighted by atomic mass is 31.2. The van der Waals surface area contributed by atoms with Gasteiger partial charge in [-0.15, -0.1) is 0 Å². The first-order valence-corrected chi connectivity index (χ1v) is 10.6. The zero-order valence-corrected chi connectivity index (χ0v) is 16.7. The lowest BCUT2D eigenvalue weighted by Gasteiger charge is -2.16. The fraction of sp³-hybridized carbons (Fsp3) is 0.688. The molecule has 1 atom stereocenters. The van der Waals surface area contributed by atoms with Gasteiger partial charge in [-0.2, -0.15) is 0 Å². The quantitative estimate of drug-likeness (QED) is 0.457. The molecule has 146 valence electrons. The number of hydrogen-bond donors (Lipinski definition) is 0. The molecule has 0 saturated heterocycles. The number of aryl methyl sites for hydroxylation is 2. The zero-order chi connectivity index (χ0) is 19.3. The van der Waals surface area contributed by atoms with Crippen LogP contribution in [0.2, 0.25) is 0 Å². The molecule has 1 unspecified atom stereocenters. The van der Waals surface area contributed by atoms with Crippen molar-refractivity contribution in [3.8, 4) is 0 Å². The van der Waals surface area contributed by atoms with Crippen LogP contribution in [0.4, 0.5) is 0 Å². The number of aromatic nitrogens is 4. The average molecular weight is 386 g/mol. The fourth-order valence-corrected chi connectivity index (χ4v) is 3.99. The number of nitrogens with zero attached hydrogens (tertiary/aromatic N) is 4. The molecular formula is C16H27N4O5P. The summed E-state index contributed by atoms with van der Waals surface area (Å²) < 4.78 is 27.1. The SMILES string of the molecule is CCOP(=O)(CC)OCCCCn1c(=O)c2c(ncn2CC)n(C)c1=O. The van der Waals surface area contributed by atoms with Crippen LogP contribution in [-0.2, 0) is 33.7 Å². The summed E-state index contributed by atoms with van der Waals surface area (Å²) in [6.07, 6.45) is 3.01. The van der Waals surface area contributed by atoms with Gasteiger partial charge in [0.2, 0.25) is 0 Å². The lowest BCUT2D eigenvalue weighted by molar-refractivity contribution is 0.208. The first-order valence-electron chi connectivity index (χ1n) is 8.91. The number of rotatable bonds is 10. The zero-order valence-electron chi connectivity index (χ0n) is 15.8. The lowest BCUT2D eigenvalue weighted by atomic mass is 10.3. The third kappa shape index (κ3) is 4.16. The Labute approximate surface area is 152 Å². The van der Waals surface area contributed by atoms with Crippen LogP contribution in [0, 0.1) is 0 Å². The molecule has 0 N–H and O–H groups in total. The molecule has 0 aliphatic carbocycles. The van der Waals surface area contributed by atoms with Gasteiger partial charge in [0, 0.05) is 26.3 Å². The summed E-state index contributed by atoms with van der Waals surface area (Å²) in [7, 11) is -1.41. The van der Waals surface area contributed by atoms with Crippen LogP contribution in [-0.4, -0.2) is 38.1 Å². The topological polar surface area (TPSA) is 97.3 Å². The predicted octanol–water partition coefficient (Wildman–Crippen LogP) is 1.96. The summed E-state index contributed by atoms with van der Waals surface area (Å²) in [5, 5.41) is 0.